The van der Waals surface area contributed by atoms with Crippen molar-refractivity contribution in [1.82, 2.24) is 10.2 Å². The molecule has 1 aliphatic carbocycles. The molecule has 2 aliphatic heterocycles. The second kappa shape index (κ2) is 6.44. The minimum atomic E-state index is 0.321. The van der Waals surface area contributed by atoms with Crippen LogP contribution in [-0.4, -0.2) is 49.2 Å². The molecule has 4 heteroatoms. The van der Waals surface area contributed by atoms with Crippen molar-refractivity contribution in [3.8, 4) is 0 Å². The highest BCUT2D eigenvalue weighted by Crippen LogP contribution is 2.31. The highest BCUT2D eigenvalue weighted by Gasteiger charge is 2.38. The summed E-state index contributed by atoms with van der Waals surface area (Å²) in [5.74, 6) is 1.61. The Hall–Kier alpha value is -0.610. The number of rotatable bonds is 3. The van der Waals surface area contributed by atoms with E-state index >= 15 is 0 Å². The van der Waals surface area contributed by atoms with Crippen LogP contribution in [0.15, 0.2) is 0 Å². The molecule has 1 amide bonds. The Morgan fingerprint density at radius 3 is 2.90 bits per heavy atom. The number of fused-ring (bicyclic) bond motifs is 1. The molecule has 3 atom stereocenters. The lowest BCUT2D eigenvalue weighted by molar-refractivity contribution is -0.145. The Balaban J connectivity index is 1.55. The van der Waals surface area contributed by atoms with Crippen molar-refractivity contribution < 1.29 is 9.53 Å². The highest BCUT2D eigenvalue weighted by atomic mass is 16.5. The summed E-state index contributed by atoms with van der Waals surface area (Å²) in [6.45, 7) is 6.03. The molecule has 0 spiro atoms. The van der Waals surface area contributed by atoms with Crippen LogP contribution in [0.25, 0.3) is 0 Å². The fourth-order valence-electron chi connectivity index (χ4n) is 4.21. The van der Waals surface area contributed by atoms with Crippen molar-refractivity contribution in [3.05, 3.63) is 0 Å². The molecular formula is C16H28N2O2. The molecule has 20 heavy (non-hydrogen) atoms. The van der Waals surface area contributed by atoms with Gasteiger partial charge in [0.1, 0.15) is 0 Å². The van der Waals surface area contributed by atoms with Crippen LogP contribution in [0.5, 0.6) is 0 Å². The lowest BCUT2D eigenvalue weighted by atomic mass is 9.84. The van der Waals surface area contributed by atoms with E-state index in [-0.39, 0.29) is 0 Å². The van der Waals surface area contributed by atoms with Crippen molar-refractivity contribution in [2.45, 2.75) is 57.6 Å². The van der Waals surface area contributed by atoms with Gasteiger partial charge in [0.05, 0.1) is 18.8 Å². The molecule has 0 radical (unpaired) electrons. The molecule has 1 saturated carbocycles. The second-order valence-corrected chi connectivity index (χ2v) is 6.76. The normalized spacial score (nSPS) is 33.0. The molecule has 4 nitrogen and oxygen atoms in total. The van der Waals surface area contributed by atoms with E-state index in [0.29, 0.717) is 24.0 Å². The maximum Gasteiger partial charge on any atom is 0.223 e. The van der Waals surface area contributed by atoms with Gasteiger partial charge in [-0.3, -0.25) is 4.79 Å². The summed E-state index contributed by atoms with van der Waals surface area (Å²) in [5, 5.41) is 3.40. The van der Waals surface area contributed by atoms with E-state index in [9.17, 15) is 4.79 Å². The zero-order valence-corrected chi connectivity index (χ0v) is 12.6. The molecule has 2 saturated heterocycles. The second-order valence-electron chi connectivity index (χ2n) is 6.76. The molecule has 0 aromatic heterocycles. The third-order valence-corrected chi connectivity index (χ3v) is 5.49. The largest absolute Gasteiger partial charge is 0.374 e. The van der Waals surface area contributed by atoms with Gasteiger partial charge in [-0.2, -0.15) is 0 Å². The number of ether oxygens (including phenoxy) is 1. The molecule has 3 unspecified atom stereocenters. The van der Waals surface area contributed by atoms with Gasteiger partial charge in [0, 0.05) is 13.0 Å². The standard InChI is InChI=1S/C16H28N2O2/c1-12(13-5-7-17-8-6-13)11-16(19)18-9-10-20-15-4-2-3-14(15)18/h12-15,17H,2-11H2,1H3. The van der Waals surface area contributed by atoms with E-state index in [0.717, 1.165) is 51.4 Å². The summed E-state index contributed by atoms with van der Waals surface area (Å²) in [5.41, 5.74) is 0. The molecule has 0 aromatic carbocycles. The lowest BCUT2D eigenvalue weighted by Gasteiger charge is -2.39. The maximum absolute atomic E-state index is 12.6. The Morgan fingerprint density at radius 1 is 1.30 bits per heavy atom. The van der Waals surface area contributed by atoms with Crippen molar-refractivity contribution >= 4 is 5.91 Å². The molecule has 0 bridgehead atoms. The van der Waals surface area contributed by atoms with Gasteiger partial charge in [0.2, 0.25) is 5.91 Å². The van der Waals surface area contributed by atoms with Gasteiger partial charge in [-0.25, -0.2) is 0 Å². The number of hydrogen-bond acceptors (Lipinski definition) is 3. The van der Waals surface area contributed by atoms with Crippen molar-refractivity contribution in [1.29, 1.82) is 0 Å². The van der Waals surface area contributed by atoms with Crippen molar-refractivity contribution in [2.24, 2.45) is 11.8 Å². The van der Waals surface area contributed by atoms with Crippen LogP contribution < -0.4 is 5.32 Å². The van der Waals surface area contributed by atoms with Crippen LogP contribution in [0.4, 0.5) is 0 Å². The number of carbonyl (C=O) groups excluding carboxylic acids is 1. The fourth-order valence-corrected chi connectivity index (χ4v) is 4.21. The number of amides is 1. The van der Waals surface area contributed by atoms with Gasteiger partial charge in [0.25, 0.3) is 0 Å². The summed E-state index contributed by atoms with van der Waals surface area (Å²) < 4.78 is 5.80. The van der Waals surface area contributed by atoms with Crippen LogP contribution in [0.1, 0.15) is 45.4 Å². The third kappa shape index (κ3) is 3.01. The summed E-state index contributed by atoms with van der Waals surface area (Å²) in [7, 11) is 0. The van der Waals surface area contributed by atoms with E-state index in [1.807, 2.05) is 0 Å². The molecule has 114 valence electrons. The number of morpholine rings is 1. The molecule has 0 aromatic rings. The minimum absolute atomic E-state index is 0.321. The van der Waals surface area contributed by atoms with Crippen LogP contribution >= 0.6 is 0 Å². The number of nitrogens with zero attached hydrogens (tertiary/aromatic N) is 1. The van der Waals surface area contributed by atoms with Crippen molar-refractivity contribution in [2.75, 3.05) is 26.2 Å². The lowest BCUT2D eigenvalue weighted by Crippen LogP contribution is -2.51. The zero-order chi connectivity index (χ0) is 13.9. The maximum atomic E-state index is 12.6. The fraction of sp³-hybridized carbons (Fsp3) is 0.938. The molecule has 1 N–H and O–H groups in total. The van der Waals surface area contributed by atoms with Crippen LogP contribution in [-0.2, 0) is 9.53 Å². The summed E-state index contributed by atoms with van der Waals surface area (Å²) in [4.78, 5) is 14.8. The van der Waals surface area contributed by atoms with E-state index in [4.69, 9.17) is 4.74 Å². The van der Waals surface area contributed by atoms with Gasteiger partial charge in [-0.1, -0.05) is 6.92 Å². The quantitative estimate of drug-likeness (QED) is 0.857. The average Bonchev–Trinajstić information content (AvgIpc) is 2.96. The van der Waals surface area contributed by atoms with Crippen LogP contribution in [0.3, 0.4) is 0 Å². The van der Waals surface area contributed by atoms with E-state index in [1.54, 1.807) is 0 Å². The predicted octanol–water partition coefficient (Wildman–Crippen LogP) is 1.79. The Labute approximate surface area is 122 Å². The van der Waals surface area contributed by atoms with Gasteiger partial charge in [0.15, 0.2) is 0 Å². The Kier molecular flexibility index (Phi) is 4.61. The van der Waals surface area contributed by atoms with Crippen LogP contribution in [0.2, 0.25) is 0 Å². The Bertz CT molecular complexity index is 341. The number of nitrogens with one attached hydrogen (secondary N) is 1. The van der Waals surface area contributed by atoms with Gasteiger partial charge in [-0.05, 0) is 57.0 Å². The molecule has 2 heterocycles. The number of carbonyl (C=O) groups is 1. The predicted molar refractivity (Wildman–Crippen MR) is 78.5 cm³/mol. The molecule has 3 aliphatic rings. The van der Waals surface area contributed by atoms with Gasteiger partial charge in [-0.15, -0.1) is 0 Å². The van der Waals surface area contributed by atoms with E-state index in [2.05, 4.69) is 17.1 Å². The van der Waals surface area contributed by atoms with Crippen molar-refractivity contribution in [3.63, 3.8) is 0 Å². The van der Waals surface area contributed by atoms with Gasteiger partial charge >= 0.3 is 0 Å². The Morgan fingerprint density at radius 2 is 2.10 bits per heavy atom. The monoisotopic (exact) mass is 280 g/mol. The first kappa shape index (κ1) is 14.3. The first-order valence-electron chi connectivity index (χ1n) is 8.37. The number of hydrogen-bond donors (Lipinski definition) is 1. The summed E-state index contributed by atoms with van der Waals surface area (Å²) in [6.07, 6.45) is 6.99. The smallest absolute Gasteiger partial charge is 0.223 e. The zero-order valence-electron chi connectivity index (χ0n) is 12.6. The first-order valence-corrected chi connectivity index (χ1v) is 8.37. The van der Waals surface area contributed by atoms with Crippen LogP contribution in [0, 0.1) is 11.8 Å². The summed E-state index contributed by atoms with van der Waals surface area (Å²) >= 11 is 0. The highest BCUT2D eigenvalue weighted by molar-refractivity contribution is 5.77. The summed E-state index contributed by atoms with van der Waals surface area (Å²) in [6, 6.07) is 0.372. The van der Waals surface area contributed by atoms with E-state index in [1.165, 1.54) is 19.3 Å². The third-order valence-electron chi connectivity index (χ3n) is 5.49. The first-order chi connectivity index (χ1) is 9.75. The molecule has 3 fully saturated rings. The average molecular weight is 280 g/mol. The molecular weight excluding hydrogens is 252 g/mol. The topological polar surface area (TPSA) is 41.6 Å². The van der Waals surface area contributed by atoms with E-state index < -0.39 is 0 Å². The molecule has 3 rings (SSSR count). The number of piperidine rings is 1. The minimum Gasteiger partial charge on any atom is -0.374 e. The van der Waals surface area contributed by atoms with Gasteiger partial charge < -0.3 is 15.0 Å². The SMILES string of the molecule is CC(CC(=O)N1CCOC2CCCC21)C1CCNCC1.